The predicted molar refractivity (Wildman–Crippen MR) is 136 cm³/mol. The zero-order valence-electron chi connectivity index (χ0n) is 21.1. The van der Waals surface area contributed by atoms with Gasteiger partial charge in [0.2, 0.25) is 21.8 Å². The van der Waals surface area contributed by atoms with Crippen LogP contribution in [0, 0.1) is 17.0 Å². The number of nitro benzene ring substituents is 1. The lowest BCUT2D eigenvalue weighted by Crippen LogP contribution is -2.52. The molecule has 0 aliphatic rings. The van der Waals surface area contributed by atoms with Gasteiger partial charge >= 0.3 is 0 Å². The number of rotatable bonds is 12. The summed E-state index contributed by atoms with van der Waals surface area (Å²) >= 11 is 0. The van der Waals surface area contributed by atoms with E-state index in [2.05, 4.69) is 5.32 Å². The topological polar surface area (TPSA) is 139 Å². The van der Waals surface area contributed by atoms with Crippen LogP contribution in [0.2, 0.25) is 0 Å². The van der Waals surface area contributed by atoms with E-state index in [0.717, 1.165) is 16.6 Å². The third-order valence-corrected chi connectivity index (χ3v) is 6.70. The number of ether oxygens (including phenoxy) is 1. The van der Waals surface area contributed by atoms with Crippen molar-refractivity contribution in [3.05, 3.63) is 63.7 Å². The summed E-state index contributed by atoms with van der Waals surface area (Å²) in [5.74, 6) is -0.433. The van der Waals surface area contributed by atoms with Gasteiger partial charge in [0.05, 0.1) is 24.0 Å². The molecule has 0 saturated heterocycles. The number of likely N-dealkylation sites (N-methyl/N-ethyl adjacent to an activating group) is 1. The van der Waals surface area contributed by atoms with Gasteiger partial charge < -0.3 is 15.0 Å². The van der Waals surface area contributed by atoms with Crippen molar-refractivity contribution >= 4 is 33.2 Å². The lowest BCUT2D eigenvalue weighted by Gasteiger charge is -2.33. The smallest absolute Gasteiger partial charge is 0.271 e. The largest absolute Gasteiger partial charge is 0.497 e. The van der Waals surface area contributed by atoms with E-state index in [1.165, 1.54) is 24.1 Å². The molecule has 36 heavy (non-hydrogen) atoms. The molecule has 0 fully saturated rings. The van der Waals surface area contributed by atoms with Crippen LogP contribution in [0.25, 0.3) is 0 Å². The first-order chi connectivity index (χ1) is 16.9. The minimum atomic E-state index is -4.02. The van der Waals surface area contributed by atoms with E-state index < -0.39 is 33.4 Å². The van der Waals surface area contributed by atoms with Crippen LogP contribution in [0.15, 0.2) is 42.5 Å². The first kappa shape index (κ1) is 28.6. The summed E-state index contributed by atoms with van der Waals surface area (Å²) in [6.07, 6.45) is 1.21. The number of methoxy groups -OCH3 is 1. The van der Waals surface area contributed by atoms with Gasteiger partial charge in [0, 0.05) is 25.2 Å². The molecule has 196 valence electrons. The Morgan fingerprint density at radius 1 is 1.17 bits per heavy atom. The molecule has 0 unspecified atom stereocenters. The Hall–Kier alpha value is -3.67. The molecule has 2 amide bonds. The van der Waals surface area contributed by atoms with Crippen LogP contribution in [0.1, 0.15) is 31.4 Å². The molecule has 0 heterocycles. The van der Waals surface area contributed by atoms with E-state index in [4.69, 9.17) is 4.74 Å². The molecular formula is C24H32N4O7S. The lowest BCUT2D eigenvalue weighted by molar-refractivity contribution is -0.384. The normalized spacial score (nSPS) is 11.9. The Morgan fingerprint density at radius 3 is 2.42 bits per heavy atom. The number of carbonyl (C=O) groups excluding carboxylic acids is 2. The Kier molecular flexibility index (Phi) is 9.79. The van der Waals surface area contributed by atoms with E-state index in [1.807, 2.05) is 0 Å². The number of hydrogen-bond donors (Lipinski definition) is 1. The van der Waals surface area contributed by atoms with Crippen molar-refractivity contribution in [1.29, 1.82) is 0 Å². The highest BCUT2D eigenvalue weighted by Gasteiger charge is 2.32. The SMILES string of the molecule is CCNC(=O)[C@H](CC)N(Cc1cccc(OC)c1)C(=O)CN(c1cc([N+](=O)[O-])ccc1C)S(C)(=O)=O. The van der Waals surface area contributed by atoms with E-state index in [-0.39, 0.29) is 30.2 Å². The van der Waals surface area contributed by atoms with Gasteiger partial charge in [-0.1, -0.05) is 25.1 Å². The van der Waals surface area contributed by atoms with Crippen LogP contribution < -0.4 is 14.4 Å². The molecule has 0 aliphatic carbocycles. The molecule has 0 saturated carbocycles. The van der Waals surface area contributed by atoms with Crippen molar-refractivity contribution < 1.29 is 27.7 Å². The van der Waals surface area contributed by atoms with Gasteiger partial charge in [0.15, 0.2) is 0 Å². The highest BCUT2D eigenvalue weighted by atomic mass is 32.2. The second-order valence-corrected chi connectivity index (χ2v) is 10.1. The number of sulfonamides is 1. The second-order valence-electron chi connectivity index (χ2n) is 8.19. The Bertz CT molecular complexity index is 1220. The third kappa shape index (κ3) is 7.17. The maximum Gasteiger partial charge on any atom is 0.271 e. The molecule has 2 aromatic rings. The number of hydrogen-bond acceptors (Lipinski definition) is 7. The predicted octanol–water partition coefficient (Wildman–Crippen LogP) is 2.62. The number of nitrogens with zero attached hydrogens (tertiary/aromatic N) is 3. The second kappa shape index (κ2) is 12.3. The molecule has 0 aliphatic heterocycles. The van der Waals surface area contributed by atoms with Crippen molar-refractivity contribution in [2.75, 3.05) is 30.8 Å². The third-order valence-electron chi connectivity index (χ3n) is 5.58. The average molecular weight is 521 g/mol. The van der Waals surface area contributed by atoms with Crippen molar-refractivity contribution in [2.45, 2.75) is 39.8 Å². The number of non-ortho nitro benzene ring substituents is 1. The Labute approximate surface area is 211 Å². The van der Waals surface area contributed by atoms with Gasteiger partial charge in [0.1, 0.15) is 18.3 Å². The summed E-state index contributed by atoms with van der Waals surface area (Å²) < 4.78 is 31.6. The minimum Gasteiger partial charge on any atom is -0.497 e. The first-order valence-corrected chi connectivity index (χ1v) is 13.2. The Balaban J connectivity index is 2.53. The molecule has 1 atom stereocenters. The number of anilines is 1. The quantitative estimate of drug-likeness (QED) is 0.335. The summed E-state index contributed by atoms with van der Waals surface area (Å²) in [5, 5.41) is 14.0. The van der Waals surface area contributed by atoms with Gasteiger partial charge in [-0.2, -0.15) is 0 Å². The van der Waals surface area contributed by atoms with Gasteiger partial charge in [0.25, 0.3) is 5.69 Å². The van der Waals surface area contributed by atoms with Crippen molar-refractivity contribution in [3.8, 4) is 5.75 Å². The molecule has 1 N–H and O–H groups in total. The number of aryl methyl sites for hydroxylation is 1. The fourth-order valence-corrected chi connectivity index (χ4v) is 4.65. The summed E-state index contributed by atoms with van der Waals surface area (Å²) in [5.41, 5.74) is 0.836. The zero-order valence-corrected chi connectivity index (χ0v) is 21.9. The lowest BCUT2D eigenvalue weighted by atomic mass is 10.1. The minimum absolute atomic E-state index is 0.0208. The number of carbonyl (C=O) groups is 2. The molecule has 0 bridgehead atoms. The van der Waals surface area contributed by atoms with Crippen LogP contribution in [-0.2, 0) is 26.2 Å². The molecule has 0 aromatic heterocycles. The maximum atomic E-state index is 13.6. The zero-order chi connectivity index (χ0) is 27.0. The van der Waals surface area contributed by atoms with E-state index in [9.17, 15) is 28.1 Å². The monoisotopic (exact) mass is 520 g/mol. The average Bonchev–Trinajstić information content (AvgIpc) is 2.82. The van der Waals surface area contributed by atoms with E-state index in [1.54, 1.807) is 45.0 Å². The van der Waals surface area contributed by atoms with Crippen LogP contribution in [0.5, 0.6) is 5.75 Å². The fourth-order valence-electron chi connectivity index (χ4n) is 3.75. The molecule has 2 rings (SSSR count). The molecule has 11 nitrogen and oxygen atoms in total. The number of nitro groups is 1. The van der Waals surface area contributed by atoms with Gasteiger partial charge in [-0.05, 0) is 43.5 Å². The number of benzene rings is 2. The molecule has 12 heteroatoms. The van der Waals surface area contributed by atoms with E-state index >= 15 is 0 Å². The van der Waals surface area contributed by atoms with Gasteiger partial charge in [-0.25, -0.2) is 8.42 Å². The summed E-state index contributed by atoms with van der Waals surface area (Å²) in [6, 6.07) is 9.93. The van der Waals surface area contributed by atoms with Crippen LogP contribution in [0.3, 0.4) is 0 Å². The van der Waals surface area contributed by atoms with E-state index in [0.29, 0.717) is 23.4 Å². The number of nitrogens with one attached hydrogen (secondary N) is 1. The van der Waals surface area contributed by atoms with Crippen LogP contribution in [0.4, 0.5) is 11.4 Å². The molecule has 2 aromatic carbocycles. The summed E-state index contributed by atoms with van der Waals surface area (Å²) in [6.45, 7) is 4.86. The fraction of sp³-hybridized carbons (Fsp3) is 0.417. The first-order valence-electron chi connectivity index (χ1n) is 11.4. The summed E-state index contributed by atoms with van der Waals surface area (Å²) in [7, 11) is -2.50. The van der Waals surface area contributed by atoms with Crippen LogP contribution >= 0.6 is 0 Å². The highest BCUT2D eigenvalue weighted by molar-refractivity contribution is 7.92. The van der Waals surface area contributed by atoms with Crippen molar-refractivity contribution in [3.63, 3.8) is 0 Å². The van der Waals surface area contributed by atoms with Gasteiger partial charge in [-0.3, -0.25) is 24.0 Å². The van der Waals surface area contributed by atoms with Crippen molar-refractivity contribution in [1.82, 2.24) is 10.2 Å². The number of amides is 2. The van der Waals surface area contributed by atoms with Crippen LogP contribution in [-0.4, -0.2) is 62.6 Å². The molecular weight excluding hydrogens is 488 g/mol. The highest BCUT2D eigenvalue weighted by Crippen LogP contribution is 2.28. The Morgan fingerprint density at radius 2 is 1.86 bits per heavy atom. The summed E-state index contributed by atoms with van der Waals surface area (Å²) in [4.78, 5) is 38.5. The van der Waals surface area contributed by atoms with Gasteiger partial charge in [-0.15, -0.1) is 0 Å². The molecule has 0 spiro atoms. The molecule has 0 radical (unpaired) electrons. The maximum absolute atomic E-state index is 13.6. The standard InChI is InChI=1S/C24H32N4O7S/c1-6-21(24(30)25-7-2)26(15-18-9-8-10-20(13-18)35-4)23(29)16-27(36(5,33)34)22-14-19(28(31)32)12-11-17(22)3/h8-14,21H,6-7,15-16H2,1-5H3,(H,25,30)/t21-/m0/s1. The van der Waals surface area contributed by atoms with Crippen molar-refractivity contribution in [2.24, 2.45) is 0 Å².